The topological polar surface area (TPSA) is 65.9 Å². The Morgan fingerprint density at radius 1 is 1.14 bits per heavy atom. The van der Waals surface area contributed by atoms with Gasteiger partial charge in [0.2, 0.25) is 10.0 Å². The summed E-state index contributed by atoms with van der Waals surface area (Å²) in [6.07, 6.45) is -2.45. The van der Waals surface area contributed by atoms with E-state index in [0.29, 0.717) is 26.1 Å². The van der Waals surface area contributed by atoms with Crippen LogP contribution < -0.4 is 0 Å². The van der Waals surface area contributed by atoms with E-state index in [0.717, 1.165) is 0 Å². The van der Waals surface area contributed by atoms with E-state index in [9.17, 15) is 26.4 Å². The van der Waals surface area contributed by atoms with Crippen LogP contribution in [0.1, 0.15) is 30.8 Å². The number of carbonyl (C=O) groups excluding carboxylic acids is 1. The number of aryl methyl sites for hydroxylation is 1. The van der Waals surface area contributed by atoms with Crippen LogP contribution in [0.25, 0.3) is 0 Å². The zero-order valence-corrected chi connectivity index (χ0v) is 17.2. The van der Waals surface area contributed by atoms with Crippen molar-refractivity contribution in [2.75, 3.05) is 45.8 Å². The summed E-state index contributed by atoms with van der Waals surface area (Å²) in [5.74, 6) is -0.377. The van der Waals surface area contributed by atoms with Crippen molar-refractivity contribution in [2.24, 2.45) is 7.05 Å². The van der Waals surface area contributed by atoms with Crippen LogP contribution in [0.2, 0.25) is 0 Å². The molecule has 0 unspecified atom stereocenters. The number of rotatable bonds is 6. The normalized spacial score (nSPS) is 17.2. The number of carbonyl (C=O) groups is 1. The molecule has 1 aliphatic rings. The smallest absolute Gasteiger partial charge is 0.345 e. The van der Waals surface area contributed by atoms with Gasteiger partial charge in [-0.3, -0.25) is 9.69 Å². The van der Waals surface area contributed by atoms with Crippen molar-refractivity contribution in [2.45, 2.75) is 31.3 Å². The zero-order valence-electron chi connectivity index (χ0n) is 16.4. The second-order valence-corrected chi connectivity index (χ2v) is 8.74. The Morgan fingerprint density at radius 3 is 2.36 bits per heavy atom. The highest BCUT2D eigenvalue weighted by Crippen LogP contribution is 2.21. The summed E-state index contributed by atoms with van der Waals surface area (Å²) in [7, 11) is -2.11. The molecule has 160 valence electrons. The van der Waals surface area contributed by atoms with Gasteiger partial charge in [-0.2, -0.15) is 17.5 Å². The summed E-state index contributed by atoms with van der Waals surface area (Å²) in [4.78, 5) is 15.7. The summed E-state index contributed by atoms with van der Waals surface area (Å²) in [6.45, 7) is 3.99. The van der Waals surface area contributed by atoms with Gasteiger partial charge in [-0.25, -0.2) is 8.42 Å². The van der Waals surface area contributed by atoms with Crippen LogP contribution in [0.3, 0.4) is 0 Å². The molecule has 28 heavy (non-hydrogen) atoms. The second kappa shape index (κ2) is 8.83. The third kappa shape index (κ3) is 5.26. The molecule has 1 aliphatic heterocycles. The molecule has 2 rings (SSSR count). The average molecular weight is 424 g/mol. The van der Waals surface area contributed by atoms with Crippen molar-refractivity contribution >= 4 is 15.9 Å². The molecular formula is C17H27F3N4O3S. The molecule has 7 nitrogen and oxygen atoms in total. The van der Waals surface area contributed by atoms with Crippen molar-refractivity contribution < 1.29 is 26.4 Å². The lowest BCUT2D eigenvalue weighted by Gasteiger charge is -2.22. The highest BCUT2D eigenvalue weighted by Gasteiger charge is 2.32. The molecule has 1 aromatic heterocycles. The lowest BCUT2D eigenvalue weighted by atomic mass is 10.3. The van der Waals surface area contributed by atoms with Crippen LogP contribution >= 0.6 is 0 Å². The van der Waals surface area contributed by atoms with Crippen molar-refractivity contribution in [3.05, 3.63) is 18.0 Å². The molecule has 0 radical (unpaired) electrons. The summed E-state index contributed by atoms with van der Waals surface area (Å²) in [5, 5.41) is 0. The molecule has 1 fully saturated rings. The summed E-state index contributed by atoms with van der Waals surface area (Å²) in [6, 6.07) is 1.34. The van der Waals surface area contributed by atoms with E-state index in [4.69, 9.17) is 0 Å². The lowest BCUT2D eigenvalue weighted by molar-refractivity contribution is -0.145. The van der Waals surface area contributed by atoms with Crippen molar-refractivity contribution in [1.29, 1.82) is 0 Å². The molecule has 11 heteroatoms. The van der Waals surface area contributed by atoms with Crippen LogP contribution in [0.15, 0.2) is 17.2 Å². The van der Waals surface area contributed by atoms with E-state index in [-0.39, 0.29) is 36.1 Å². The third-order valence-corrected chi connectivity index (χ3v) is 6.84. The van der Waals surface area contributed by atoms with Gasteiger partial charge in [0.15, 0.2) is 0 Å². The predicted octanol–water partition coefficient (Wildman–Crippen LogP) is 1.77. The van der Waals surface area contributed by atoms with Crippen LogP contribution in [0.5, 0.6) is 0 Å². The maximum absolute atomic E-state index is 12.9. The van der Waals surface area contributed by atoms with Crippen LogP contribution in [-0.2, 0) is 17.1 Å². The van der Waals surface area contributed by atoms with Gasteiger partial charge in [-0.05, 0) is 12.5 Å². The number of halogens is 3. The summed E-state index contributed by atoms with van der Waals surface area (Å²) in [5.41, 5.74) is 0.204. The van der Waals surface area contributed by atoms with Gasteiger partial charge < -0.3 is 9.47 Å². The SMILES string of the molecule is CCN(CC)S(=O)(=O)c1cc(C(=O)N2CCCN(CC(F)(F)F)CC2)n(C)c1. The molecule has 0 aromatic carbocycles. The fraction of sp³-hybridized carbons (Fsp3) is 0.706. The van der Waals surface area contributed by atoms with Crippen LogP contribution in [-0.4, -0.2) is 85.0 Å². The first kappa shape index (κ1) is 22.7. The number of alkyl halides is 3. The molecule has 0 N–H and O–H groups in total. The van der Waals surface area contributed by atoms with Crippen molar-refractivity contribution in [3.63, 3.8) is 0 Å². The number of amides is 1. The monoisotopic (exact) mass is 424 g/mol. The average Bonchev–Trinajstić information content (AvgIpc) is 2.84. The van der Waals surface area contributed by atoms with Crippen LogP contribution in [0.4, 0.5) is 13.2 Å². The standard InChI is InChI=1S/C17H27F3N4O3S/c1-4-24(5-2)28(26,27)14-11-15(21(3)12-14)16(25)23-8-6-7-22(9-10-23)13-17(18,19)20/h11-12H,4-10,13H2,1-3H3. The minimum atomic E-state index is -4.27. The lowest BCUT2D eigenvalue weighted by Crippen LogP contribution is -2.39. The summed E-state index contributed by atoms with van der Waals surface area (Å²) < 4.78 is 65.9. The molecular weight excluding hydrogens is 397 g/mol. The quantitative estimate of drug-likeness (QED) is 0.698. The Morgan fingerprint density at radius 2 is 1.79 bits per heavy atom. The highest BCUT2D eigenvalue weighted by atomic mass is 32.2. The highest BCUT2D eigenvalue weighted by molar-refractivity contribution is 7.89. The predicted molar refractivity (Wildman–Crippen MR) is 98.5 cm³/mol. The molecule has 0 bridgehead atoms. The Bertz CT molecular complexity index is 788. The first-order valence-corrected chi connectivity index (χ1v) is 10.7. The van der Waals surface area contributed by atoms with Crippen molar-refractivity contribution in [1.82, 2.24) is 18.7 Å². The molecule has 0 spiro atoms. The number of aromatic nitrogens is 1. The zero-order chi connectivity index (χ0) is 21.1. The number of hydrogen-bond donors (Lipinski definition) is 0. The number of sulfonamides is 1. The number of nitrogens with zero attached hydrogens (tertiary/aromatic N) is 4. The molecule has 1 saturated heterocycles. The Hall–Kier alpha value is -1.59. The minimum absolute atomic E-state index is 0.0376. The van der Waals surface area contributed by atoms with Gasteiger partial charge in [0, 0.05) is 52.5 Å². The van der Waals surface area contributed by atoms with Crippen LogP contribution in [0, 0.1) is 0 Å². The molecule has 1 aromatic rings. The molecule has 0 saturated carbocycles. The maximum Gasteiger partial charge on any atom is 0.401 e. The van der Waals surface area contributed by atoms with Crippen molar-refractivity contribution in [3.8, 4) is 0 Å². The molecule has 0 atom stereocenters. The van der Waals surface area contributed by atoms with Gasteiger partial charge >= 0.3 is 6.18 Å². The van der Waals surface area contributed by atoms with E-state index in [1.807, 2.05) is 0 Å². The minimum Gasteiger partial charge on any atom is -0.345 e. The third-order valence-electron chi connectivity index (χ3n) is 4.82. The van der Waals surface area contributed by atoms with E-state index in [1.165, 1.54) is 30.9 Å². The Labute approximate surface area is 163 Å². The molecule has 2 heterocycles. The first-order chi connectivity index (χ1) is 13.0. The van der Waals surface area contributed by atoms with E-state index in [2.05, 4.69) is 0 Å². The largest absolute Gasteiger partial charge is 0.401 e. The van der Waals surface area contributed by atoms with E-state index in [1.54, 1.807) is 20.9 Å². The molecule has 0 aliphatic carbocycles. The van der Waals surface area contributed by atoms with Gasteiger partial charge in [0.25, 0.3) is 5.91 Å². The van der Waals surface area contributed by atoms with E-state index >= 15 is 0 Å². The first-order valence-electron chi connectivity index (χ1n) is 9.24. The second-order valence-electron chi connectivity index (χ2n) is 6.80. The van der Waals surface area contributed by atoms with Gasteiger partial charge in [-0.15, -0.1) is 0 Å². The molecule has 1 amide bonds. The van der Waals surface area contributed by atoms with Gasteiger partial charge in [-0.1, -0.05) is 13.8 Å². The van der Waals surface area contributed by atoms with E-state index < -0.39 is 22.7 Å². The van der Waals surface area contributed by atoms with Gasteiger partial charge in [0.1, 0.15) is 10.6 Å². The Kier molecular flexibility index (Phi) is 7.16. The number of hydrogen-bond acceptors (Lipinski definition) is 4. The van der Waals surface area contributed by atoms with Gasteiger partial charge in [0.05, 0.1) is 6.54 Å². The fourth-order valence-electron chi connectivity index (χ4n) is 3.35. The fourth-order valence-corrected chi connectivity index (χ4v) is 4.88. The maximum atomic E-state index is 12.9. The Balaban J connectivity index is 2.16. The summed E-state index contributed by atoms with van der Waals surface area (Å²) >= 11 is 0.